The zero-order valence-electron chi connectivity index (χ0n) is 21.0. The molecule has 0 atom stereocenters. The van der Waals surface area contributed by atoms with Crippen LogP contribution in [0.1, 0.15) is 41.5 Å². The maximum Gasteiger partial charge on any atom is 0.157 e. The lowest BCUT2D eigenvalue weighted by Gasteiger charge is -2.34. The SMILES string of the molecule is COC(CC1CCN(c2ccc(C3=C(c4ccccc4)COc4cc(C)ccc43)cc2)CC1)OC. The summed E-state index contributed by atoms with van der Waals surface area (Å²) in [4.78, 5) is 2.50. The third-order valence-electron chi connectivity index (χ3n) is 7.39. The highest BCUT2D eigenvalue weighted by Gasteiger charge is 2.25. The maximum absolute atomic E-state index is 6.21. The largest absolute Gasteiger partial charge is 0.488 e. The molecule has 0 unspecified atom stereocenters. The Morgan fingerprint density at radius 2 is 1.60 bits per heavy atom. The molecule has 2 aliphatic rings. The van der Waals surface area contributed by atoms with Crippen molar-refractivity contribution in [2.75, 3.05) is 38.8 Å². The minimum Gasteiger partial charge on any atom is -0.488 e. The van der Waals surface area contributed by atoms with Crippen molar-refractivity contribution in [1.29, 1.82) is 0 Å². The van der Waals surface area contributed by atoms with Gasteiger partial charge in [0.25, 0.3) is 0 Å². The molecule has 3 aromatic carbocycles. The molecule has 3 aromatic rings. The van der Waals surface area contributed by atoms with Gasteiger partial charge in [0.05, 0.1) is 0 Å². The summed E-state index contributed by atoms with van der Waals surface area (Å²) in [5, 5.41) is 0. The number of piperidine rings is 1. The molecule has 4 nitrogen and oxygen atoms in total. The fraction of sp³-hybridized carbons (Fsp3) is 0.355. The first-order chi connectivity index (χ1) is 17.2. The van der Waals surface area contributed by atoms with Crippen LogP contribution in [-0.4, -0.2) is 40.2 Å². The van der Waals surface area contributed by atoms with Crippen LogP contribution in [0.4, 0.5) is 5.69 Å². The Bertz CT molecular complexity index is 1160. The molecule has 1 saturated heterocycles. The van der Waals surface area contributed by atoms with Gasteiger partial charge in [0.15, 0.2) is 6.29 Å². The smallest absolute Gasteiger partial charge is 0.157 e. The molecule has 0 aliphatic carbocycles. The molecule has 0 aromatic heterocycles. The summed E-state index contributed by atoms with van der Waals surface area (Å²) in [5.41, 5.74) is 8.63. The van der Waals surface area contributed by atoms with Gasteiger partial charge in [-0.15, -0.1) is 0 Å². The first kappa shape index (κ1) is 23.7. The van der Waals surface area contributed by atoms with E-state index >= 15 is 0 Å². The molecular formula is C31H35NO3. The lowest BCUT2D eigenvalue weighted by atomic mass is 9.87. The van der Waals surface area contributed by atoms with Gasteiger partial charge in [-0.2, -0.15) is 0 Å². The zero-order valence-corrected chi connectivity index (χ0v) is 21.0. The number of aryl methyl sites for hydroxylation is 1. The van der Waals surface area contributed by atoms with E-state index in [-0.39, 0.29) is 6.29 Å². The van der Waals surface area contributed by atoms with Crippen LogP contribution < -0.4 is 9.64 Å². The number of rotatable bonds is 7. The molecule has 1 fully saturated rings. The van der Waals surface area contributed by atoms with Gasteiger partial charge < -0.3 is 19.1 Å². The number of nitrogens with zero attached hydrogens (tertiary/aromatic N) is 1. The number of anilines is 1. The van der Waals surface area contributed by atoms with Crippen molar-refractivity contribution in [3.63, 3.8) is 0 Å². The minimum atomic E-state index is -0.0935. The molecule has 0 amide bonds. The predicted octanol–water partition coefficient (Wildman–Crippen LogP) is 6.57. The van der Waals surface area contributed by atoms with E-state index in [9.17, 15) is 0 Å². The summed E-state index contributed by atoms with van der Waals surface area (Å²) >= 11 is 0. The van der Waals surface area contributed by atoms with Gasteiger partial charge in [-0.25, -0.2) is 0 Å². The molecule has 4 heteroatoms. The van der Waals surface area contributed by atoms with Crippen LogP contribution in [0.3, 0.4) is 0 Å². The molecule has 182 valence electrons. The summed E-state index contributed by atoms with van der Waals surface area (Å²) < 4.78 is 17.0. The van der Waals surface area contributed by atoms with Crippen molar-refractivity contribution in [2.24, 2.45) is 5.92 Å². The van der Waals surface area contributed by atoms with Gasteiger partial charge in [0, 0.05) is 50.6 Å². The molecule has 35 heavy (non-hydrogen) atoms. The topological polar surface area (TPSA) is 30.9 Å². The van der Waals surface area contributed by atoms with E-state index in [1.165, 1.54) is 51.9 Å². The van der Waals surface area contributed by atoms with Crippen molar-refractivity contribution in [3.05, 3.63) is 95.1 Å². The zero-order chi connectivity index (χ0) is 24.2. The molecule has 0 bridgehead atoms. The summed E-state index contributed by atoms with van der Waals surface area (Å²) in [6.07, 6.45) is 3.21. The second-order valence-corrected chi connectivity index (χ2v) is 9.62. The third-order valence-corrected chi connectivity index (χ3v) is 7.39. The van der Waals surface area contributed by atoms with E-state index in [1.54, 1.807) is 14.2 Å². The van der Waals surface area contributed by atoms with Crippen molar-refractivity contribution >= 4 is 16.8 Å². The van der Waals surface area contributed by atoms with Gasteiger partial charge in [-0.3, -0.25) is 0 Å². The van der Waals surface area contributed by atoms with E-state index in [0.717, 1.165) is 25.3 Å². The maximum atomic E-state index is 6.21. The van der Waals surface area contributed by atoms with Crippen LogP contribution in [-0.2, 0) is 9.47 Å². The number of hydrogen-bond donors (Lipinski definition) is 0. The first-order valence-corrected chi connectivity index (χ1v) is 12.6. The highest BCUT2D eigenvalue weighted by Crippen LogP contribution is 2.41. The number of benzene rings is 3. The highest BCUT2D eigenvalue weighted by molar-refractivity contribution is 6.01. The fourth-order valence-electron chi connectivity index (χ4n) is 5.36. The second-order valence-electron chi connectivity index (χ2n) is 9.62. The van der Waals surface area contributed by atoms with Crippen LogP contribution in [0, 0.1) is 12.8 Å². The van der Waals surface area contributed by atoms with Crippen LogP contribution >= 0.6 is 0 Å². The Morgan fingerprint density at radius 1 is 0.886 bits per heavy atom. The van der Waals surface area contributed by atoms with E-state index in [4.69, 9.17) is 14.2 Å². The quantitative estimate of drug-likeness (QED) is 0.366. The van der Waals surface area contributed by atoms with Gasteiger partial charge in [-0.05, 0) is 66.1 Å². The Kier molecular flexibility index (Phi) is 7.21. The highest BCUT2D eigenvalue weighted by atomic mass is 16.7. The summed E-state index contributed by atoms with van der Waals surface area (Å²) in [7, 11) is 3.45. The summed E-state index contributed by atoms with van der Waals surface area (Å²) in [6.45, 7) is 4.83. The van der Waals surface area contributed by atoms with E-state index < -0.39 is 0 Å². The van der Waals surface area contributed by atoms with Crippen molar-refractivity contribution in [3.8, 4) is 5.75 Å². The number of fused-ring (bicyclic) bond motifs is 1. The summed E-state index contributed by atoms with van der Waals surface area (Å²) in [6, 6.07) is 26.2. The van der Waals surface area contributed by atoms with Crippen LogP contribution in [0.2, 0.25) is 0 Å². The Hall–Kier alpha value is -3.08. The molecule has 0 saturated carbocycles. The third kappa shape index (κ3) is 5.14. The normalized spacial score (nSPS) is 16.4. The van der Waals surface area contributed by atoms with Crippen molar-refractivity contribution in [2.45, 2.75) is 32.5 Å². The average molecular weight is 470 g/mol. The lowest BCUT2D eigenvalue weighted by Crippen LogP contribution is -2.35. The van der Waals surface area contributed by atoms with E-state index in [1.807, 2.05) is 0 Å². The van der Waals surface area contributed by atoms with Gasteiger partial charge in [0.1, 0.15) is 12.4 Å². The Labute approximate surface area is 209 Å². The lowest BCUT2D eigenvalue weighted by molar-refractivity contribution is -0.115. The molecule has 0 radical (unpaired) electrons. The van der Waals surface area contributed by atoms with Gasteiger partial charge in [-0.1, -0.05) is 54.6 Å². The fourth-order valence-corrected chi connectivity index (χ4v) is 5.36. The average Bonchev–Trinajstić information content (AvgIpc) is 2.92. The van der Waals surface area contributed by atoms with Crippen molar-refractivity contribution in [1.82, 2.24) is 0 Å². The molecule has 2 aliphatic heterocycles. The monoisotopic (exact) mass is 469 g/mol. The van der Waals surface area contributed by atoms with Gasteiger partial charge in [0.2, 0.25) is 0 Å². The second kappa shape index (κ2) is 10.7. The molecule has 5 rings (SSSR count). The van der Waals surface area contributed by atoms with Gasteiger partial charge >= 0.3 is 0 Å². The minimum absolute atomic E-state index is 0.0935. The standard InChI is InChI=1S/C31H35NO3/c1-22-9-14-27-29(19-22)35-21-28(24-7-5-4-6-8-24)31(27)25-10-12-26(13-11-25)32-17-15-23(16-18-32)20-30(33-2)34-3/h4-14,19,23,30H,15-18,20-21H2,1-3H3. The Morgan fingerprint density at radius 3 is 2.29 bits per heavy atom. The Balaban J connectivity index is 1.40. The molecule has 2 heterocycles. The van der Waals surface area contributed by atoms with Crippen LogP contribution in [0.5, 0.6) is 5.75 Å². The number of methoxy groups -OCH3 is 2. The molecule has 0 spiro atoms. The first-order valence-electron chi connectivity index (χ1n) is 12.6. The van der Waals surface area contributed by atoms with Crippen molar-refractivity contribution < 1.29 is 14.2 Å². The molecular weight excluding hydrogens is 434 g/mol. The summed E-state index contributed by atoms with van der Waals surface area (Å²) in [5.74, 6) is 1.62. The van der Waals surface area contributed by atoms with Crippen LogP contribution in [0.25, 0.3) is 11.1 Å². The van der Waals surface area contributed by atoms with Crippen LogP contribution in [0.15, 0.2) is 72.8 Å². The number of hydrogen-bond acceptors (Lipinski definition) is 4. The predicted molar refractivity (Wildman–Crippen MR) is 143 cm³/mol. The van der Waals surface area contributed by atoms with E-state index in [0.29, 0.717) is 12.5 Å². The van der Waals surface area contributed by atoms with E-state index in [2.05, 4.69) is 84.6 Å². The number of ether oxygens (including phenoxy) is 3. The molecule has 0 N–H and O–H groups in total.